The van der Waals surface area contributed by atoms with Crippen molar-refractivity contribution in [1.29, 1.82) is 0 Å². The van der Waals surface area contributed by atoms with Gasteiger partial charge in [-0.05, 0) is 47.8 Å². The standard InChI is InChI=1S/C13H17IN2O2/c1-15-5-7-16(8-6-15)13(17)10-3-4-12(18-2)11(14)9-10/h3-4,9H,5-8H2,1-2H3. The summed E-state index contributed by atoms with van der Waals surface area (Å²) in [6.07, 6.45) is 0. The van der Waals surface area contributed by atoms with E-state index in [1.165, 1.54) is 0 Å². The Hall–Kier alpha value is -0.820. The number of nitrogens with zero attached hydrogens (tertiary/aromatic N) is 2. The highest BCUT2D eigenvalue weighted by molar-refractivity contribution is 14.1. The molecule has 0 aliphatic carbocycles. The second-order valence-electron chi connectivity index (χ2n) is 4.44. The lowest BCUT2D eigenvalue weighted by Crippen LogP contribution is -2.47. The molecule has 1 fully saturated rings. The van der Waals surface area contributed by atoms with E-state index < -0.39 is 0 Å². The minimum absolute atomic E-state index is 0.115. The van der Waals surface area contributed by atoms with Gasteiger partial charge >= 0.3 is 0 Å². The molecule has 1 amide bonds. The van der Waals surface area contributed by atoms with Crippen molar-refractivity contribution in [2.75, 3.05) is 40.3 Å². The van der Waals surface area contributed by atoms with Gasteiger partial charge in [-0.15, -0.1) is 0 Å². The van der Waals surface area contributed by atoms with Gasteiger partial charge < -0.3 is 14.5 Å². The number of benzene rings is 1. The average molecular weight is 360 g/mol. The summed E-state index contributed by atoms with van der Waals surface area (Å²) >= 11 is 2.19. The Bertz CT molecular complexity index is 443. The monoisotopic (exact) mass is 360 g/mol. The molecule has 0 aromatic heterocycles. The van der Waals surface area contributed by atoms with Gasteiger partial charge in [-0.1, -0.05) is 0 Å². The first-order valence-corrected chi connectivity index (χ1v) is 7.01. The molecule has 18 heavy (non-hydrogen) atoms. The number of halogens is 1. The van der Waals surface area contributed by atoms with E-state index in [4.69, 9.17) is 4.74 Å². The summed E-state index contributed by atoms with van der Waals surface area (Å²) in [4.78, 5) is 16.5. The first-order valence-electron chi connectivity index (χ1n) is 5.93. The molecule has 0 radical (unpaired) electrons. The summed E-state index contributed by atoms with van der Waals surface area (Å²) in [6, 6.07) is 5.58. The van der Waals surface area contributed by atoms with Gasteiger partial charge in [-0.2, -0.15) is 0 Å². The van der Waals surface area contributed by atoms with Crippen LogP contribution >= 0.6 is 22.6 Å². The zero-order chi connectivity index (χ0) is 13.1. The van der Waals surface area contributed by atoms with Gasteiger partial charge in [0.2, 0.25) is 0 Å². The molecule has 0 atom stereocenters. The first-order chi connectivity index (χ1) is 8.61. The van der Waals surface area contributed by atoms with Crippen molar-refractivity contribution in [1.82, 2.24) is 9.80 Å². The number of methoxy groups -OCH3 is 1. The summed E-state index contributed by atoms with van der Waals surface area (Å²) in [5.41, 5.74) is 0.741. The molecule has 0 bridgehead atoms. The molecule has 0 saturated carbocycles. The third-order valence-electron chi connectivity index (χ3n) is 3.19. The van der Waals surface area contributed by atoms with Crippen LogP contribution in [0.25, 0.3) is 0 Å². The van der Waals surface area contributed by atoms with E-state index in [0.717, 1.165) is 41.1 Å². The van der Waals surface area contributed by atoms with Crippen LogP contribution in [-0.4, -0.2) is 56.0 Å². The second kappa shape index (κ2) is 5.88. The van der Waals surface area contributed by atoms with E-state index in [2.05, 4.69) is 34.5 Å². The highest BCUT2D eigenvalue weighted by atomic mass is 127. The van der Waals surface area contributed by atoms with Gasteiger partial charge in [0.25, 0.3) is 5.91 Å². The second-order valence-corrected chi connectivity index (χ2v) is 5.61. The van der Waals surface area contributed by atoms with Crippen LogP contribution in [-0.2, 0) is 0 Å². The summed E-state index contributed by atoms with van der Waals surface area (Å²) in [5.74, 6) is 0.925. The lowest BCUT2D eigenvalue weighted by Gasteiger charge is -2.32. The average Bonchev–Trinajstić information content (AvgIpc) is 2.38. The lowest BCUT2D eigenvalue weighted by molar-refractivity contribution is 0.0664. The van der Waals surface area contributed by atoms with Gasteiger partial charge in [0.05, 0.1) is 10.7 Å². The highest BCUT2D eigenvalue weighted by Gasteiger charge is 2.20. The quantitative estimate of drug-likeness (QED) is 0.753. The summed E-state index contributed by atoms with van der Waals surface area (Å²) in [7, 11) is 3.72. The Morgan fingerprint density at radius 3 is 2.50 bits per heavy atom. The molecule has 98 valence electrons. The molecule has 1 saturated heterocycles. The van der Waals surface area contributed by atoms with Crippen LogP contribution in [0.4, 0.5) is 0 Å². The zero-order valence-corrected chi connectivity index (χ0v) is 12.8. The fourth-order valence-corrected chi connectivity index (χ4v) is 2.73. The fourth-order valence-electron chi connectivity index (χ4n) is 1.99. The normalized spacial score (nSPS) is 16.7. The Morgan fingerprint density at radius 2 is 1.94 bits per heavy atom. The number of amides is 1. The molecular weight excluding hydrogens is 343 g/mol. The maximum absolute atomic E-state index is 12.3. The van der Waals surface area contributed by atoms with E-state index in [1.54, 1.807) is 7.11 Å². The van der Waals surface area contributed by atoms with Crippen LogP contribution in [0.15, 0.2) is 18.2 Å². The third-order valence-corrected chi connectivity index (χ3v) is 4.03. The Kier molecular flexibility index (Phi) is 4.45. The number of rotatable bonds is 2. The van der Waals surface area contributed by atoms with Crippen molar-refractivity contribution in [2.24, 2.45) is 0 Å². The highest BCUT2D eigenvalue weighted by Crippen LogP contribution is 2.22. The van der Waals surface area contributed by atoms with Crippen LogP contribution in [0.3, 0.4) is 0 Å². The SMILES string of the molecule is COc1ccc(C(=O)N2CCN(C)CC2)cc1I. The predicted octanol–water partition coefficient (Wildman–Crippen LogP) is 1.69. The lowest BCUT2D eigenvalue weighted by atomic mass is 10.1. The van der Waals surface area contributed by atoms with Gasteiger partial charge in [0.1, 0.15) is 5.75 Å². The molecule has 5 heteroatoms. The minimum atomic E-state index is 0.115. The topological polar surface area (TPSA) is 32.8 Å². The van der Waals surface area contributed by atoms with Gasteiger partial charge in [-0.3, -0.25) is 4.79 Å². The van der Waals surface area contributed by atoms with Crippen molar-refractivity contribution in [3.05, 3.63) is 27.3 Å². The largest absolute Gasteiger partial charge is 0.496 e. The van der Waals surface area contributed by atoms with E-state index in [0.29, 0.717) is 0 Å². The number of ether oxygens (including phenoxy) is 1. The van der Waals surface area contributed by atoms with Crippen molar-refractivity contribution in [2.45, 2.75) is 0 Å². The Morgan fingerprint density at radius 1 is 1.28 bits per heavy atom. The molecule has 0 N–H and O–H groups in total. The smallest absolute Gasteiger partial charge is 0.253 e. The molecule has 2 rings (SSSR count). The predicted molar refractivity (Wildman–Crippen MR) is 79.1 cm³/mol. The summed E-state index contributed by atoms with van der Waals surface area (Å²) < 4.78 is 6.17. The molecule has 1 aromatic carbocycles. The van der Waals surface area contributed by atoms with Gasteiger partial charge in [0, 0.05) is 31.7 Å². The van der Waals surface area contributed by atoms with Crippen molar-refractivity contribution in [3.8, 4) is 5.75 Å². The number of carbonyl (C=O) groups excluding carboxylic acids is 1. The minimum Gasteiger partial charge on any atom is -0.496 e. The van der Waals surface area contributed by atoms with Crippen LogP contribution in [0, 0.1) is 3.57 Å². The van der Waals surface area contributed by atoms with Crippen molar-refractivity contribution in [3.63, 3.8) is 0 Å². The van der Waals surface area contributed by atoms with Crippen molar-refractivity contribution >= 4 is 28.5 Å². The van der Waals surface area contributed by atoms with E-state index >= 15 is 0 Å². The number of carbonyl (C=O) groups is 1. The molecule has 0 spiro atoms. The third kappa shape index (κ3) is 2.95. The molecular formula is C13H17IN2O2. The van der Waals surface area contributed by atoms with Crippen LogP contribution in [0.5, 0.6) is 5.75 Å². The zero-order valence-electron chi connectivity index (χ0n) is 10.6. The van der Waals surface area contributed by atoms with E-state index in [9.17, 15) is 4.79 Å². The molecule has 4 nitrogen and oxygen atoms in total. The number of hydrogen-bond donors (Lipinski definition) is 0. The molecule has 1 aliphatic rings. The Balaban J connectivity index is 2.11. The summed E-state index contributed by atoms with van der Waals surface area (Å²) in [5, 5.41) is 0. The maximum atomic E-state index is 12.3. The number of piperazine rings is 1. The van der Waals surface area contributed by atoms with Crippen molar-refractivity contribution < 1.29 is 9.53 Å². The molecule has 1 aliphatic heterocycles. The van der Waals surface area contributed by atoms with Gasteiger partial charge in [0.15, 0.2) is 0 Å². The van der Waals surface area contributed by atoms with Crippen LogP contribution in [0.2, 0.25) is 0 Å². The van der Waals surface area contributed by atoms with E-state index in [1.807, 2.05) is 23.1 Å². The summed E-state index contributed by atoms with van der Waals surface area (Å²) in [6.45, 7) is 3.49. The number of likely N-dealkylation sites (N-methyl/N-ethyl adjacent to an activating group) is 1. The molecule has 1 aromatic rings. The van der Waals surface area contributed by atoms with Gasteiger partial charge in [-0.25, -0.2) is 0 Å². The van der Waals surface area contributed by atoms with Crippen LogP contribution < -0.4 is 4.74 Å². The van der Waals surface area contributed by atoms with Crippen LogP contribution in [0.1, 0.15) is 10.4 Å². The Labute approximate surface area is 121 Å². The van der Waals surface area contributed by atoms with E-state index in [-0.39, 0.29) is 5.91 Å². The molecule has 0 unspecified atom stereocenters. The number of hydrogen-bond acceptors (Lipinski definition) is 3. The maximum Gasteiger partial charge on any atom is 0.253 e. The first kappa shape index (κ1) is 13.6. The molecule has 1 heterocycles. The fraction of sp³-hybridized carbons (Fsp3) is 0.462.